The van der Waals surface area contributed by atoms with Gasteiger partial charge < -0.3 is 5.11 Å². The fourth-order valence-corrected chi connectivity index (χ4v) is 1.71. The van der Waals surface area contributed by atoms with Crippen LogP contribution in [0.4, 0.5) is 0 Å². The molecule has 0 saturated heterocycles. The fourth-order valence-electron chi connectivity index (χ4n) is 1.71. The number of hydrogen-bond acceptors (Lipinski definition) is 2. The third-order valence-electron chi connectivity index (χ3n) is 2.82. The second-order valence-corrected chi connectivity index (χ2v) is 4.42. The Hall–Kier alpha value is -1.05. The SMILES string of the molecule is O=C(/C=C/[C]1[CH][CH][CH][CH]1)c1ccc(O)cc1.[CH]1[CH][CH][CH][CH]1.[Fe+2]. The van der Waals surface area contributed by atoms with Crippen molar-refractivity contribution in [3.05, 3.63) is 106 Å². The smallest absolute Gasteiger partial charge is 0.508 e. The van der Waals surface area contributed by atoms with E-state index in [2.05, 4.69) is 0 Å². The Balaban J connectivity index is 0.000000344. The topological polar surface area (TPSA) is 37.3 Å². The number of ketones is 1. The molecule has 0 unspecified atom stereocenters. The molecule has 0 bridgehead atoms. The Labute approximate surface area is 144 Å². The minimum Gasteiger partial charge on any atom is -0.508 e. The molecule has 0 atom stereocenters. The van der Waals surface area contributed by atoms with Crippen molar-refractivity contribution in [1.82, 2.24) is 0 Å². The van der Waals surface area contributed by atoms with Crippen molar-refractivity contribution in [2.75, 3.05) is 0 Å². The van der Waals surface area contributed by atoms with Gasteiger partial charge in [-0.15, -0.1) is 0 Å². The van der Waals surface area contributed by atoms with E-state index in [-0.39, 0.29) is 28.6 Å². The summed E-state index contributed by atoms with van der Waals surface area (Å²) in [7, 11) is 0. The summed E-state index contributed by atoms with van der Waals surface area (Å²) in [5, 5.41) is 9.09. The van der Waals surface area contributed by atoms with E-state index < -0.39 is 0 Å². The molecule has 2 aliphatic carbocycles. The number of rotatable bonds is 3. The number of aromatic hydroxyl groups is 1. The summed E-state index contributed by atoms with van der Waals surface area (Å²) in [6.07, 6.45) is 21.0. The van der Waals surface area contributed by atoms with Gasteiger partial charge in [0, 0.05) is 11.5 Å². The van der Waals surface area contributed by atoms with E-state index in [9.17, 15) is 4.79 Å². The van der Waals surface area contributed by atoms with Crippen molar-refractivity contribution in [2.45, 2.75) is 0 Å². The molecule has 22 heavy (non-hydrogen) atoms. The average molecular weight is 332 g/mol. The first-order chi connectivity index (χ1) is 10.3. The number of benzene rings is 1. The molecule has 0 aromatic heterocycles. The molecule has 3 rings (SSSR count). The molecule has 2 aliphatic rings. The molecule has 2 nitrogen and oxygen atoms in total. The zero-order chi connectivity index (χ0) is 14.9. The van der Waals surface area contributed by atoms with Crippen LogP contribution >= 0.6 is 0 Å². The van der Waals surface area contributed by atoms with Crippen molar-refractivity contribution in [1.29, 1.82) is 0 Å². The van der Waals surface area contributed by atoms with Crippen LogP contribution in [0, 0.1) is 63.7 Å². The largest absolute Gasteiger partial charge is 2.00 e. The van der Waals surface area contributed by atoms with Crippen LogP contribution in [0.2, 0.25) is 0 Å². The van der Waals surface area contributed by atoms with Crippen LogP contribution in [0.5, 0.6) is 5.75 Å². The molecule has 10 radical (unpaired) electrons. The van der Waals surface area contributed by atoms with Gasteiger partial charge in [-0.05, 0) is 88.1 Å². The van der Waals surface area contributed by atoms with Gasteiger partial charge in [-0.3, -0.25) is 4.79 Å². The zero-order valence-electron chi connectivity index (χ0n) is 11.9. The third kappa shape index (κ3) is 6.81. The van der Waals surface area contributed by atoms with Gasteiger partial charge in [-0.25, -0.2) is 0 Å². The van der Waals surface area contributed by atoms with Crippen molar-refractivity contribution < 1.29 is 27.0 Å². The molecular weight excluding hydrogens is 316 g/mol. The predicted molar refractivity (Wildman–Crippen MR) is 83.5 cm³/mol. The maximum absolute atomic E-state index is 11.7. The van der Waals surface area contributed by atoms with Crippen LogP contribution in [0.25, 0.3) is 0 Å². The molecule has 110 valence electrons. The first-order valence-corrected chi connectivity index (χ1v) is 6.65. The first-order valence-electron chi connectivity index (χ1n) is 6.65. The maximum Gasteiger partial charge on any atom is 2.00 e. The summed E-state index contributed by atoms with van der Waals surface area (Å²) in [4.78, 5) is 11.7. The van der Waals surface area contributed by atoms with Gasteiger partial charge in [0.15, 0.2) is 5.78 Å². The summed E-state index contributed by atoms with van der Waals surface area (Å²) < 4.78 is 0. The minimum atomic E-state index is -0.0683. The molecule has 1 aromatic carbocycles. The van der Waals surface area contributed by atoms with Crippen molar-refractivity contribution in [3.63, 3.8) is 0 Å². The second kappa shape index (κ2) is 10.6. The third-order valence-corrected chi connectivity index (χ3v) is 2.82. The van der Waals surface area contributed by atoms with E-state index in [0.29, 0.717) is 5.56 Å². The Morgan fingerprint density at radius 2 is 1.32 bits per heavy atom. The van der Waals surface area contributed by atoms with Crippen molar-refractivity contribution in [2.24, 2.45) is 0 Å². The van der Waals surface area contributed by atoms with E-state index in [1.54, 1.807) is 18.2 Å². The number of carbonyl (C=O) groups is 1. The van der Waals surface area contributed by atoms with Gasteiger partial charge >= 0.3 is 17.1 Å². The molecule has 0 amide bonds. The monoisotopic (exact) mass is 332 g/mol. The Morgan fingerprint density at radius 3 is 1.82 bits per heavy atom. The van der Waals surface area contributed by atoms with Gasteiger partial charge in [0.05, 0.1) is 0 Å². The minimum absolute atomic E-state index is 0. The molecule has 3 heteroatoms. The van der Waals surface area contributed by atoms with Crippen LogP contribution in [0.3, 0.4) is 0 Å². The summed E-state index contributed by atoms with van der Waals surface area (Å²) in [5.74, 6) is 1.10. The second-order valence-electron chi connectivity index (χ2n) is 4.42. The fraction of sp³-hybridized carbons (Fsp3) is 0. The summed E-state index contributed by atoms with van der Waals surface area (Å²) in [6, 6.07) is 6.22. The Kier molecular flexibility index (Phi) is 9.19. The van der Waals surface area contributed by atoms with E-state index in [1.807, 2.05) is 57.8 Å². The van der Waals surface area contributed by atoms with Gasteiger partial charge in [-0.1, -0.05) is 6.08 Å². The quantitative estimate of drug-likeness (QED) is 0.522. The van der Waals surface area contributed by atoms with Crippen LogP contribution in [0.1, 0.15) is 10.4 Å². The summed E-state index contributed by atoms with van der Waals surface area (Å²) in [6.45, 7) is 0. The summed E-state index contributed by atoms with van der Waals surface area (Å²) in [5.41, 5.74) is 0.570. The molecule has 0 heterocycles. The molecule has 0 aliphatic heterocycles. The molecular formula is C19H16FeO2+2. The predicted octanol–water partition coefficient (Wildman–Crippen LogP) is 3.56. The first kappa shape index (κ1) is 19.0. The summed E-state index contributed by atoms with van der Waals surface area (Å²) >= 11 is 0. The molecule has 1 aromatic rings. The van der Waals surface area contributed by atoms with Crippen LogP contribution in [0.15, 0.2) is 36.4 Å². The molecule has 0 spiro atoms. The average Bonchev–Trinajstić information content (AvgIpc) is 3.21. The molecule has 1 N–H and O–H groups in total. The molecule has 2 fully saturated rings. The number of hydrogen-bond donors (Lipinski definition) is 1. The zero-order valence-corrected chi connectivity index (χ0v) is 13.0. The van der Waals surface area contributed by atoms with E-state index in [1.165, 1.54) is 18.2 Å². The van der Waals surface area contributed by atoms with Crippen molar-refractivity contribution in [3.8, 4) is 5.75 Å². The van der Waals surface area contributed by atoms with Crippen LogP contribution < -0.4 is 0 Å². The van der Waals surface area contributed by atoms with Gasteiger partial charge in [-0.2, -0.15) is 0 Å². The van der Waals surface area contributed by atoms with Crippen LogP contribution in [-0.4, -0.2) is 10.9 Å². The number of phenols is 1. The van der Waals surface area contributed by atoms with E-state index in [0.717, 1.165) is 5.92 Å². The number of phenolic OH excluding ortho intramolecular Hbond substituents is 1. The molecule has 2 saturated carbocycles. The maximum atomic E-state index is 11.7. The van der Waals surface area contributed by atoms with Crippen molar-refractivity contribution >= 4 is 5.78 Å². The van der Waals surface area contributed by atoms with E-state index in [4.69, 9.17) is 5.11 Å². The van der Waals surface area contributed by atoms with E-state index >= 15 is 0 Å². The normalized spacial score (nSPS) is 17.8. The Bertz CT molecular complexity index is 447. The number of carbonyl (C=O) groups excluding carboxylic acids is 1. The van der Waals surface area contributed by atoms with Gasteiger partial charge in [0.1, 0.15) is 5.75 Å². The standard InChI is InChI=1S/C14H11O2.C5H5.Fe/c15-13-8-6-12(7-9-13)14(16)10-5-11-3-1-2-4-11;1-2-4-5-3-1;/h1-10,15H;1-5H;/q;;+2/b10-5+;;. The number of allylic oxidation sites excluding steroid dienone is 2. The van der Waals surface area contributed by atoms with Crippen LogP contribution in [-0.2, 0) is 17.1 Å². The Morgan fingerprint density at radius 1 is 0.818 bits per heavy atom. The van der Waals surface area contributed by atoms with Gasteiger partial charge in [0.25, 0.3) is 0 Å². The van der Waals surface area contributed by atoms with Gasteiger partial charge in [0.2, 0.25) is 0 Å².